The summed E-state index contributed by atoms with van der Waals surface area (Å²) in [5.74, 6) is -0.339. The van der Waals surface area contributed by atoms with E-state index in [4.69, 9.17) is 4.98 Å². The van der Waals surface area contributed by atoms with Crippen molar-refractivity contribution in [1.29, 1.82) is 0 Å². The molecule has 2 saturated heterocycles. The Balaban J connectivity index is 1.24. The van der Waals surface area contributed by atoms with E-state index in [-0.39, 0.29) is 24.1 Å². The molecule has 36 heavy (non-hydrogen) atoms. The van der Waals surface area contributed by atoms with Crippen LogP contribution in [0.5, 0.6) is 0 Å². The zero-order chi connectivity index (χ0) is 24.4. The summed E-state index contributed by atoms with van der Waals surface area (Å²) in [5, 5.41) is 10.3. The van der Waals surface area contributed by atoms with Crippen LogP contribution in [0.15, 0.2) is 24.3 Å². The summed E-state index contributed by atoms with van der Waals surface area (Å²) in [6.45, 7) is 3.45. The summed E-state index contributed by atoms with van der Waals surface area (Å²) in [5.41, 5.74) is 7.62. The molecule has 1 atom stereocenters. The largest absolute Gasteiger partial charge is 0.322 e. The molecule has 3 aliphatic heterocycles. The fourth-order valence-corrected chi connectivity index (χ4v) is 5.91. The highest BCUT2D eigenvalue weighted by Gasteiger charge is 2.39. The molecule has 7 rings (SSSR count). The fraction of sp³-hybridized carbons (Fsp3) is 0.444. The summed E-state index contributed by atoms with van der Waals surface area (Å²) in [4.78, 5) is 46.2. The smallest absolute Gasteiger partial charge is 0.255 e. The van der Waals surface area contributed by atoms with Gasteiger partial charge in [-0.2, -0.15) is 5.10 Å². The minimum absolute atomic E-state index is 0.157. The van der Waals surface area contributed by atoms with Crippen molar-refractivity contribution in [2.24, 2.45) is 0 Å². The molecule has 9 nitrogen and oxygen atoms in total. The van der Waals surface area contributed by atoms with E-state index >= 15 is 0 Å². The third kappa shape index (κ3) is 3.61. The van der Waals surface area contributed by atoms with E-state index in [9.17, 15) is 14.4 Å². The molecule has 1 aromatic carbocycles. The first-order chi connectivity index (χ1) is 17.5. The Morgan fingerprint density at radius 3 is 2.64 bits per heavy atom. The van der Waals surface area contributed by atoms with Crippen LogP contribution in [0.25, 0.3) is 22.3 Å². The molecule has 4 aliphatic rings. The maximum Gasteiger partial charge on any atom is 0.255 e. The number of H-pyrrole nitrogens is 1. The number of nitrogens with zero attached hydrogens (tertiary/aromatic N) is 4. The lowest BCUT2D eigenvalue weighted by atomic mass is 10.0. The zero-order valence-electron chi connectivity index (χ0n) is 20.0. The number of hydrogen-bond donors (Lipinski definition) is 2. The molecule has 5 heterocycles. The molecule has 3 amide bonds. The maximum absolute atomic E-state index is 13.1. The number of rotatable bonds is 5. The van der Waals surface area contributed by atoms with Gasteiger partial charge in [0.05, 0.1) is 16.9 Å². The Morgan fingerprint density at radius 1 is 1.03 bits per heavy atom. The van der Waals surface area contributed by atoms with Crippen LogP contribution in [0.3, 0.4) is 0 Å². The van der Waals surface area contributed by atoms with Crippen molar-refractivity contribution in [3.05, 3.63) is 46.6 Å². The van der Waals surface area contributed by atoms with E-state index in [1.807, 2.05) is 18.2 Å². The second-order valence-corrected chi connectivity index (χ2v) is 10.5. The third-order valence-electron chi connectivity index (χ3n) is 8.01. The number of pyridine rings is 1. The average Bonchev–Trinajstić information content (AvgIpc) is 3.26. The van der Waals surface area contributed by atoms with Gasteiger partial charge in [0, 0.05) is 36.6 Å². The molecular weight excluding hydrogens is 456 g/mol. The lowest BCUT2D eigenvalue weighted by Gasteiger charge is -2.29. The van der Waals surface area contributed by atoms with Gasteiger partial charge in [0.25, 0.3) is 5.91 Å². The molecule has 1 aliphatic carbocycles. The number of piperidine rings is 1. The van der Waals surface area contributed by atoms with Gasteiger partial charge in [-0.05, 0) is 74.5 Å². The van der Waals surface area contributed by atoms with Crippen LogP contribution in [-0.4, -0.2) is 61.8 Å². The number of carbonyl (C=O) groups is 3. The molecule has 2 aromatic heterocycles. The van der Waals surface area contributed by atoms with E-state index in [0.717, 1.165) is 66.0 Å². The van der Waals surface area contributed by atoms with Crippen LogP contribution in [0.2, 0.25) is 0 Å². The SMILES string of the molecule is O=C1CCC(N2Cc3cc(-c4cc(CN5CCCC5)c5[nH]nc(C6CC6)c5n4)ccc3C2=O)C(=O)N1. The van der Waals surface area contributed by atoms with Crippen LogP contribution in [0.4, 0.5) is 0 Å². The van der Waals surface area contributed by atoms with Crippen molar-refractivity contribution in [3.8, 4) is 11.3 Å². The number of imide groups is 1. The third-order valence-corrected chi connectivity index (χ3v) is 8.01. The predicted octanol–water partition coefficient (Wildman–Crippen LogP) is 2.86. The van der Waals surface area contributed by atoms with Gasteiger partial charge in [-0.3, -0.25) is 29.7 Å². The van der Waals surface area contributed by atoms with Gasteiger partial charge in [0.2, 0.25) is 11.8 Å². The van der Waals surface area contributed by atoms with E-state index < -0.39 is 6.04 Å². The lowest BCUT2D eigenvalue weighted by molar-refractivity contribution is -0.136. The van der Waals surface area contributed by atoms with Crippen LogP contribution in [-0.2, 0) is 22.7 Å². The second kappa shape index (κ2) is 8.23. The van der Waals surface area contributed by atoms with Gasteiger partial charge in [0.15, 0.2) is 0 Å². The molecule has 0 radical (unpaired) electrons. The molecule has 9 heteroatoms. The first kappa shape index (κ1) is 21.7. The van der Waals surface area contributed by atoms with E-state index in [2.05, 4.69) is 26.5 Å². The summed E-state index contributed by atoms with van der Waals surface area (Å²) in [6.07, 6.45) is 5.40. The van der Waals surface area contributed by atoms with E-state index in [1.165, 1.54) is 18.4 Å². The number of amides is 3. The summed E-state index contributed by atoms with van der Waals surface area (Å²) in [6, 6.07) is 7.38. The van der Waals surface area contributed by atoms with Crippen LogP contribution < -0.4 is 5.32 Å². The molecule has 0 spiro atoms. The number of nitrogens with one attached hydrogen (secondary N) is 2. The molecule has 184 valence electrons. The van der Waals surface area contributed by atoms with Crippen molar-refractivity contribution >= 4 is 28.8 Å². The maximum atomic E-state index is 13.1. The number of aromatic amines is 1. The van der Waals surface area contributed by atoms with Crippen molar-refractivity contribution in [2.45, 2.75) is 63.6 Å². The lowest BCUT2D eigenvalue weighted by Crippen LogP contribution is -2.52. The highest BCUT2D eigenvalue weighted by atomic mass is 16.2. The quantitative estimate of drug-likeness (QED) is 0.539. The van der Waals surface area contributed by atoms with E-state index in [1.54, 1.807) is 4.90 Å². The van der Waals surface area contributed by atoms with Crippen LogP contribution >= 0.6 is 0 Å². The van der Waals surface area contributed by atoms with E-state index in [0.29, 0.717) is 24.4 Å². The van der Waals surface area contributed by atoms with Crippen molar-refractivity contribution in [2.75, 3.05) is 13.1 Å². The van der Waals surface area contributed by atoms with Gasteiger partial charge < -0.3 is 4.90 Å². The second-order valence-electron chi connectivity index (χ2n) is 10.5. The zero-order valence-corrected chi connectivity index (χ0v) is 20.0. The Bertz CT molecular complexity index is 1420. The number of carbonyl (C=O) groups excluding carboxylic acids is 3. The van der Waals surface area contributed by atoms with Gasteiger partial charge in [0.1, 0.15) is 11.6 Å². The highest BCUT2D eigenvalue weighted by Crippen LogP contribution is 2.42. The normalized spacial score (nSPS) is 22.5. The molecule has 3 fully saturated rings. The Kier molecular flexibility index (Phi) is 4.95. The monoisotopic (exact) mass is 484 g/mol. The highest BCUT2D eigenvalue weighted by molar-refractivity contribution is 6.05. The Labute approximate surface area is 208 Å². The van der Waals surface area contributed by atoms with Crippen molar-refractivity contribution in [3.63, 3.8) is 0 Å². The minimum atomic E-state index is -0.611. The van der Waals surface area contributed by atoms with Crippen LogP contribution in [0, 0.1) is 0 Å². The standard InChI is InChI=1S/C27H28N6O3/c34-22-8-7-21(26(35)29-22)33-14-17-11-16(5-6-19(17)27(33)36)20-12-18(13-32-9-1-2-10-32)24-25(28-20)23(30-31-24)15-3-4-15/h5-6,11-12,15,21H,1-4,7-10,13-14H2,(H,30,31)(H,29,34,35). The van der Waals surface area contributed by atoms with Gasteiger partial charge in [-0.15, -0.1) is 0 Å². The average molecular weight is 485 g/mol. The molecular formula is C27H28N6O3. The predicted molar refractivity (Wildman–Crippen MR) is 132 cm³/mol. The molecule has 1 saturated carbocycles. The number of aromatic nitrogens is 3. The number of likely N-dealkylation sites (tertiary alicyclic amines) is 1. The first-order valence-electron chi connectivity index (χ1n) is 12.9. The first-order valence-corrected chi connectivity index (χ1v) is 12.9. The molecule has 3 aromatic rings. The molecule has 0 bridgehead atoms. The van der Waals surface area contributed by atoms with Crippen molar-refractivity contribution < 1.29 is 14.4 Å². The number of benzene rings is 1. The summed E-state index contributed by atoms with van der Waals surface area (Å²) in [7, 11) is 0. The minimum Gasteiger partial charge on any atom is -0.322 e. The van der Waals surface area contributed by atoms with Gasteiger partial charge in [-0.1, -0.05) is 6.07 Å². The van der Waals surface area contributed by atoms with Gasteiger partial charge in [-0.25, -0.2) is 4.98 Å². The summed E-state index contributed by atoms with van der Waals surface area (Å²) < 4.78 is 0. The summed E-state index contributed by atoms with van der Waals surface area (Å²) >= 11 is 0. The molecule has 1 unspecified atom stereocenters. The van der Waals surface area contributed by atoms with Crippen molar-refractivity contribution in [1.82, 2.24) is 30.3 Å². The van der Waals surface area contributed by atoms with Crippen LogP contribution in [0.1, 0.15) is 71.6 Å². The number of fused-ring (bicyclic) bond motifs is 2. The fourth-order valence-electron chi connectivity index (χ4n) is 5.91. The Morgan fingerprint density at radius 2 is 1.86 bits per heavy atom. The molecule has 2 N–H and O–H groups in total. The topological polar surface area (TPSA) is 111 Å². The van der Waals surface area contributed by atoms with Gasteiger partial charge >= 0.3 is 0 Å². The Hall–Kier alpha value is -3.59. The number of hydrogen-bond acceptors (Lipinski definition) is 6.